The molecule has 0 aliphatic carbocycles. The molecule has 2 rings (SSSR count). The van der Waals surface area contributed by atoms with Crippen LogP contribution in [-0.4, -0.2) is 188 Å². The second kappa shape index (κ2) is 32.8. The molecule has 1 aliphatic rings. The van der Waals surface area contributed by atoms with Crippen molar-refractivity contribution in [2.75, 3.05) is 85.6 Å². The Morgan fingerprint density at radius 3 is 1.69 bits per heavy atom. The van der Waals surface area contributed by atoms with Crippen molar-refractivity contribution in [3.63, 3.8) is 0 Å². The van der Waals surface area contributed by atoms with Crippen molar-refractivity contribution in [3.8, 4) is 0 Å². The third-order valence-electron chi connectivity index (χ3n) is 10.2. The quantitative estimate of drug-likeness (QED) is 0.0333. The highest BCUT2D eigenvalue weighted by atomic mass is 18.2. The molecule has 0 saturated carbocycles. The van der Waals surface area contributed by atoms with Gasteiger partial charge in [0.25, 0.3) is 25.9 Å². The van der Waals surface area contributed by atoms with Crippen molar-refractivity contribution < 1.29 is 76.7 Å². The normalized spacial score (nSPS) is 15.5. The first kappa shape index (κ1) is 54.4. The van der Waals surface area contributed by atoms with Crippen LogP contribution in [0.4, 0.5) is 9.18 Å². The van der Waals surface area contributed by atoms with Gasteiger partial charge in [-0.3, -0.25) is 53.2 Å². The predicted molar refractivity (Wildman–Crippen MR) is 222 cm³/mol. The van der Waals surface area contributed by atoms with E-state index < -0.39 is 42.5 Å². The van der Waals surface area contributed by atoms with Crippen molar-refractivity contribution in [1.82, 2.24) is 35.1 Å². The molecule has 0 radical (unpaired) electrons. The molecule has 1 fully saturated rings. The Morgan fingerprint density at radius 2 is 1.19 bits per heavy atom. The van der Waals surface area contributed by atoms with Gasteiger partial charge in [-0.2, -0.15) is 0 Å². The number of nitrogens with zero attached hydrogens (tertiary/aromatic N) is 5. The molecule has 22 nitrogen and oxygen atoms in total. The number of carboxylic acids is 2. The molecule has 1 aliphatic heterocycles. The highest BCUT2D eigenvalue weighted by Gasteiger charge is 2.24. The molecule has 64 heavy (non-hydrogen) atoms. The lowest BCUT2D eigenvalue weighted by molar-refractivity contribution is -0.141. The van der Waals surface area contributed by atoms with Gasteiger partial charge in [0.15, 0.2) is 6.23 Å². The van der Waals surface area contributed by atoms with Crippen LogP contribution in [0.2, 0.25) is 0 Å². The van der Waals surface area contributed by atoms with Gasteiger partial charge in [-0.1, -0.05) is 18.6 Å². The number of aliphatic carboxylic acids is 2. The van der Waals surface area contributed by atoms with E-state index >= 15 is 0 Å². The van der Waals surface area contributed by atoms with E-state index in [4.69, 9.17) is 24.1 Å². The average molecular weight is 911 g/mol. The maximum absolute atomic E-state index is 13.6. The number of benzene rings is 1. The zero-order valence-corrected chi connectivity index (χ0v) is 36.1. The summed E-state index contributed by atoms with van der Waals surface area (Å²) in [6.07, 6.45) is 0.988. The number of halogens is 1. The number of ketones is 1. The Hall–Kier alpha value is -5.78. The van der Waals surface area contributed by atoms with Crippen LogP contribution in [0, 0.1) is 5.82 Å². The molecule has 23 heteroatoms. The molecule has 1 heterocycles. The number of hydrogen-bond acceptors (Lipinski definition) is 17. The lowest BCUT2D eigenvalue weighted by Crippen LogP contribution is -2.49. The molecule has 3 amide bonds. The zero-order valence-electron chi connectivity index (χ0n) is 36.1. The fraction of sp³-hybridized carbons (Fsp3) is 0.634. The van der Waals surface area contributed by atoms with E-state index in [0.717, 1.165) is 0 Å². The first-order chi connectivity index (χ1) is 30.9. The molecular formula is C41H62FN7O15. The van der Waals surface area contributed by atoms with E-state index in [2.05, 4.69) is 10.6 Å². The van der Waals surface area contributed by atoms with Gasteiger partial charge in [-0.25, -0.2) is 14.0 Å². The van der Waals surface area contributed by atoms with Crippen molar-refractivity contribution in [3.05, 3.63) is 35.6 Å². The van der Waals surface area contributed by atoms with Crippen molar-refractivity contribution in [2.45, 2.75) is 83.0 Å². The fourth-order valence-electron chi connectivity index (χ4n) is 6.64. The highest BCUT2D eigenvalue weighted by Crippen LogP contribution is 2.14. The number of Topliss-reactive ketones (excluding diaryl/α,β-unsaturated/α-hetero) is 1. The number of unbranched alkanes of at least 4 members (excludes halogenated alkanes) is 3. The van der Waals surface area contributed by atoms with Crippen LogP contribution in [0.1, 0.15) is 69.8 Å². The molecule has 2 atom stereocenters. The van der Waals surface area contributed by atoms with Crippen LogP contribution in [-0.2, 0) is 63.8 Å². The van der Waals surface area contributed by atoms with Crippen molar-refractivity contribution in [1.29, 1.82) is 0 Å². The average Bonchev–Trinajstić information content (AvgIpc) is 3.26. The van der Waals surface area contributed by atoms with E-state index in [1.54, 1.807) is 17.0 Å². The van der Waals surface area contributed by atoms with Crippen molar-refractivity contribution >= 4 is 55.5 Å². The van der Waals surface area contributed by atoms with E-state index in [9.17, 15) is 52.6 Å². The number of amides is 3. The number of nitrogens with one attached hydrogen (secondary N) is 2. The van der Waals surface area contributed by atoms with E-state index in [1.165, 1.54) is 12.1 Å². The van der Waals surface area contributed by atoms with Gasteiger partial charge in [-0.05, 0) is 49.8 Å². The lowest BCUT2D eigenvalue weighted by Gasteiger charge is -2.33. The summed E-state index contributed by atoms with van der Waals surface area (Å²) in [5, 5.41) is 22.7. The topological polar surface area (TPSA) is 271 Å². The number of carboxylic acid groups (broad SMARTS) is 2. The first-order valence-electron chi connectivity index (χ1n) is 21.1. The Kier molecular flexibility index (Phi) is 27.9. The summed E-state index contributed by atoms with van der Waals surface area (Å²) >= 11 is 0. The molecule has 0 bridgehead atoms. The minimum atomic E-state index is -1.49. The third-order valence-corrected chi connectivity index (χ3v) is 10.2. The molecule has 1 saturated heterocycles. The van der Waals surface area contributed by atoms with Crippen LogP contribution in [0.5, 0.6) is 0 Å². The summed E-state index contributed by atoms with van der Waals surface area (Å²) in [6, 6.07) is 3.27. The summed E-state index contributed by atoms with van der Waals surface area (Å²) in [4.78, 5) is 115. The second-order valence-corrected chi connectivity index (χ2v) is 15.0. The number of hydrogen-bond donors (Lipinski definition) is 4. The molecule has 1 aromatic carbocycles. The smallest absolute Gasteiger partial charge is 0.326 e. The summed E-state index contributed by atoms with van der Waals surface area (Å²) in [5.41, 5.74) is 0.698. The molecular weight excluding hydrogens is 848 g/mol. The number of rotatable bonds is 32. The minimum absolute atomic E-state index is 0.00338. The Labute approximate surface area is 371 Å². The molecule has 4 N–H and O–H groups in total. The number of ether oxygens (including phenoxy) is 4. The largest absolute Gasteiger partial charge is 0.481 e. The third kappa shape index (κ3) is 24.8. The molecule has 0 aromatic heterocycles. The number of urea groups is 1. The van der Waals surface area contributed by atoms with Gasteiger partial charge in [0.1, 0.15) is 37.8 Å². The maximum atomic E-state index is 13.6. The summed E-state index contributed by atoms with van der Waals surface area (Å²) in [7, 11) is 0. The Bertz CT molecular complexity index is 1570. The minimum Gasteiger partial charge on any atom is -0.481 e. The zero-order chi connectivity index (χ0) is 47.0. The predicted octanol–water partition coefficient (Wildman–Crippen LogP) is 0.574. The van der Waals surface area contributed by atoms with Gasteiger partial charge >= 0.3 is 18.0 Å². The fourth-order valence-corrected chi connectivity index (χ4v) is 6.64. The van der Waals surface area contributed by atoms with Crippen LogP contribution >= 0.6 is 0 Å². The Balaban J connectivity index is 1.94. The van der Waals surface area contributed by atoms with Gasteiger partial charge in [0, 0.05) is 91.1 Å². The standard InChI is InChI=1S/C41H62FN7O15/c42-34-11-9-33(10-12-34)24-49(15-5-4-7-37(64-32-53)44-41(60)43-36(40(58)59)13-14-39(56)57)38(55)8-3-1-2-6-35(54)25-45-16-18-46(26-61-29-50)20-22-48(28-63-31-52)23-21-47(19-17-45)27-62-30-51/h9-12,29-32,36-37H,1-8,13-28H2,(H,56,57)(H,58,59)(H2,43,44,60)/t36-,37+/m1/s1/i42-1. The lowest BCUT2D eigenvalue weighted by atomic mass is 10.1. The SMILES string of the molecule is O=COCN1CCN(COC=O)CCN(CC(=O)CCCCCC(=O)N(CCCC[C@@H](NC(=O)N[C@H](CCC(=O)O)C(=O)O)OC=O)Cc2ccc([18F])cc2)CCN(COC=O)CC1. The number of carbonyl (C=O) groups excluding carboxylic acids is 7. The van der Waals surface area contributed by atoms with Crippen molar-refractivity contribution in [2.24, 2.45) is 0 Å². The van der Waals surface area contributed by atoms with Gasteiger partial charge in [0.2, 0.25) is 5.91 Å². The molecule has 0 spiro atoms. The first-order valence-corrected chi connectivity index (χ1v) is 21.1. The van der Waals surface area contributed by atoms with Crippen LogP contribution < -0.4 is 10.6 Å². The second-order valence-electron chi connectivity index (χ2n) is 15.0. The van der Waals surface area contributed by atoms with E-state index in [0.29, 0.717) is 109 Å². The highest BCUT2D eigenvalue weighted by molar-refractivity contribution is 5.83. The van der Waals surface area contributed by atoms with Crippen LogP contribution in [0.25, 0.3) is 0 Å². The Morgan fingerprint density at radius 1 is 0.656 bits per heavy atom. The maximum Gasteiger partial charge on any atom is 0.326 e. The van der Waals surface area contributed by atoms with Crippen LogP contribution in [0.15, 0.2) is 24.3 Å². The van der Waals surface area contributed by atoms with E-state index in [1.807, 2.05) is 19.6 Å². The monoisotopic (exact) mass is 910 g/mol. The molecule has 358 valence electrons. The van der Waals surface area contributed by atoms with E-state index in [-0.39, 0.29) is 83.7 Å². The molecule has 1 aromatic rings. The van der Waals surface area contributed by atoms with Gasteiger partial charge < -0.3 is 44.7 Å². The molecule has 0 unspecified atom stereocenters. The van der Waals surface area contributed by atoms with Gasteiger partial charge in [0.05, 0.1) is 6.54 Å². The summed E-state index contributed by atoms with van der Waals surface area (Å²) < 4.78 is 33.6. The van der Waals surface area contributed by atoms with Gasteiger partial charge in [-0.15, -0.1) is 0 Å². The summed E-state index contributed by atoms with van der Waals surface area (Å²) in [6.45, 7) is 5.79. The van der Waals surface area contributed by atoms with Crippen LogP contribution in [0.3, 0.4) is 0 Å². The number of carbonyl (C=O) groups is 9. The summed E-state index contributed by atoms with van der Waals surface area (Å²) in [5.74, 6) is -3.27.